The first-order valence-corrected chi connectivity index (χ1v) is 7.71. The number of hydrogen-bond acceptors (Lipinski definition) is 3. The normalized spacial score (nSPS) is 10.7. The number of hydroxylamine groups is 2. The molecule has 0 spiro atoms. The summed E-state index contributed by atoms with van der Waals surface area (Å²) in [5.41, 5.74) is 3.24. The number of carbonyl (C=O) groups excluding carboxylic acids is 1. The van der Waals surface area contributed by atoms with Crippen LogP contribution in [0.3, 0.4) is 0 Å². The number of nitrogens with zero attached hydrogens (tertiary/aromatic N) is 1. The molecule has 2 rings (SSSR count). The average Bonchev–Trinajstić information content (AvgIpc) is 2.90. The molecule has 0 aliphatic heterocycles. The minimum atomic E-state index is -0.293. The monoisotopic (exact) mass is 301 g/mol. The Morgan fingerprint density at radius 1 is 1.27 bits per heavy atom. The lowest BCUT2D eigenvalue weighted by Gasteiger charge is -2.09. The van der Waals surface area contributed by atoms with Crippen LogP contribution in [-0.4, -0.2) is 29.8 Å². The Labute approximate surface area is 131 Å². The van der Waals surface area contributed by atoms with E-state index < -0.39 is 0 Å². The fourth-order valence-corrected chi connectivity index (χ4v) is 2.31. The topological polar surface area (TPSA) is 49.8 Å². The number of hydrogen-bond donors (Lipinski definition) is 1. The van der Waals surface area contributed by atoms with Gasteiger partial charge in [0.1, 0.15) is 5.75 Å². The summed E-state index contributed by atoms with van der Waals surface area (Å²) in [5.74, 6) is 0.567. The number of carbonyl (C=O) groups is 1. The van der Waals surface area contributed by atoms with Crippen LogP contribution in [0.2, 0.25) is 0 Å². The SMILES string of the molecule is CCCCOc1cc(CCC(=O)N(C)O)ccc2cccc1-2. The van der Waals surface area contributed by atoms with Gasteiger partial charge in [-0.25, -0.2) is 5.06 Å². The molecule has 0 aromatic carbocycles. The summed E-state index contributed by atoms with van der Waals surface area (Å²) in [6, 6.07) is 12.2. The second-order valence-corrected chi connectivity index (χ2v) is 5.43. The van der Waals surface area contributed by atoms with Crippen molar-refractivity contribution < 1.29 is 14.7 Å². The molecule has 0 aromatic rings. The molecule has 0 fully saturated rings. The minimum absolute atomic E-state index is 0.273. The number of aryl methyl sites for hydroxylation is 1. The van der Waals surface area contributed by atoms with Crippen molar-refractivity contribution in [3.05, 3.63) is 42.0 Å². The minimum Gasteiger partial charge on any atom is -0.493 e. The molecule has 1 N–H and O–H groups in total. The van der Waals surface area contributed by atoms with Crippen LogP contribution in [0.25, 0.3) is 11.1 Å². The first-order valence-electron chi connectivity index (χ1n) is 7.71. The zero-order chi connectivity index (χ0) is 15.9. The summed E-state index contributed by atoms with van der Waals surface area (Å²) in [6.45, 7) is 2.83. The fourth-order valence-electron chi connectivity index (χ4n) is 2.31. The van der Waals surface area contributed by atoms with E-state index in [0.29, 0.717) is 18.1 Å². The molecule has 0 radical (unpaired) electrons. The van der Waals surface area contributed by atoms with E-state index in [2.05, 4.69) is 13.0 Å². The lowest BCUT2D eigenvalue weighted by molar-refractivity contribution is -0.159. The van der Waals surface area contributed by atoms with Gasteiger partial charge in [0, 0.05) is 19.0 Å². The van der Waals surface area contributed by atoms with E-state index in [1.165, 1.54) is 7.05 Å². The van der Waals surface area contributed by atoms with Gasteiger partial charge in [-0.15, -0.1) is 0 Å². The maximum Gasteiger partial charge on any atom is 0.245 e. The van der Waals surface area contributed by atoms with Crippen LogP contribution in [0.1, 0.15) is 31.7 Å². The molecular weight excluding hydrogens is 278 g/mol. The highest BCUT2D eigenvalue weighted by Gasteiger charge is 2.11. The number of amides is 1. The molecule has 2 aliphatic carbocycles. The lowest BCUT2D eigenvalue weighted by atomic mass is 10.1. The van der Waals surface area contributed by atoms with Crippen LogP contribution in [0, 0.1) is 0 Å². The molecule has 118 valence electrons. The third kappa shape index (κ3) is 4.21. The van der Waals surface area contributed by atoms with Gasteiger partial charge in [-0.1, -0.05) is 43.7 Å². The van der Waals surface area contributed by atoms with Crippen molar-refractivity contribution in [3.63, 3.8) is 0 Å². The first-order chi connectivity index (χ1) is 10.6. The average molecular weight is 301 g/mol. The fraction of sp³-hybridized carbons (Fsp3) is 0.389. The lowest BCUT2D eigenvalue weighted by Crippen LogP contribution is -2.22. The van der Waals surface area contributed by atoms with Crippen LogP contribution in [0.15, 0.2) is 36.4 Å². The number of ether oxygens (including phenoxy) is 1. The van der Waals surface area contributed by atoms with E-state index in [1.54, 1.807) is 0 Å². The van der Waals surface area contributed by atoms with E-state index in [9.17, 15) is 4.79 Å². The number of rotatable bonds is 7. The summed E-state index contributed by atoms with van der Waals surface area (Å²) < 4.78 is 5.93. The molecule has 0 unspecified atom stereocenters. The predicted octanol–water partition coefficient (Wildman–Crippen LogP) is 3.75. The van der Waals surface area contributed by atoms with Crippen LogP contribution in [-0.2, 0) is 11.2 Å². The van der Waals surface area contributed by atoms with Crippen molar-refractivity contribution in [2.45, 2.75) is 32.6 Å². The Kier molecular flexibility index (Phi) is 5.78. The van der Waals surface area contributed by atoms with E-state index in [0.717, 1.165) is 35.3 Å². The Morgan fingerprint density at radius 3 is 2.82 bits per heavy atom. The third-order valence-electron chi connectivity index (χ3n) is 3.65. The van der Waals surface area contributed by atoms with Crippen molar-refractivity contribution in [2.75, 3.05) is 13.7 Å². The molecule has 0 heterocycles. The second-order valence-electron chi connectivity index (χ2n) is 5.43. The van der Waals surface area contributed by atoms with Gasteiger partial charge in [-0.3, -0.25) is 10.0 Å². The van der Waals surface area contributed by atoms with Gasteiger partial charge in [0.05, 0.1) is 6.61 Å². The number of unbranched alkanes of at least 4 members (excludes halogenated alkanes) is 1. The number of fused-ring (bicyclic) bond motifs is 1. The molecule has 4 nitrogen and oxygen atoms in total. The molecule has 0 aromatic heterocycles. The van der Waals surface area contributed by atoms with Gasteiger partial charge in [0.2, 0.25) is 5.91 Å². The third-order valence-corrected chi connectivity index (χ3v) is 3.65. The summed E-state index contributed by atoms with van der Waals surface area (Å²) in [5, 5.41) is 9.76. The highest BCUT2D eigenvalue weighted by Crippen LogP contribution is 2.33. The van der Waals surface area contributed by atoms with Crippen molar-refractivity contribution in [1.29, 1.82) is 0 Å². The molecule has 0 saturated carbocycles. The summed E-state index contributed by atoms with van der Waals surface area (Å²) in [6.07, 6.45) is 2.96. The van der Waals surface area contributed by atoms with Crippen molar-refractivity contribution in [1.82, 2.24) is 5.06 Å². The van der Waals surface area contributed by atoms with Gasteiger partial charge < -0.3 is 4.74 Å². The summed E-state index contributed by atoms with van der Waals surface area (Å²) in [7, 11) is 1.35. The molecule has 0 saturated heterocycles. The van der Waals surface area contributed by atoms with Crippen molar-refractivity contribution in [3.8, 4) is 16.9 Å². The maximum atomic E-state index is 11.5. The standard InChI is InChI=1S/C18H23NO3/c1-3-4-12-22-17-13-14(9-11-18(20)19(2)21)8-10-15-6-5-7-16(15)17/h5-8,10,13,21H,3-4,9,11-12H2,1-2H3. The van der Waals surface area contributed by atoms with Crippen LogP contribution in [0.4, 0.5) is 0 Å². The molecular formula is C18H23NO3. The molecule has 0 bridgehead atoms. The summed E-state index contributed by atoms with van der Waals surface area (Å²) in [4.78, 5) is 11.5. The molecule has 22 heavy (non-hydrogen) atoms. The first kappa shape index (κ1) is 16.3. The zero-order valence-corrected chi connectivity index (χ0v) is 13.2. The van der Waals surface area contributed by atoms with Crippen molar-refractivity contribution in [2.24, 2.45) is 0 Å². The van der Waals surface area contributed by atoms with E-state index >= 15 is 0 Å². The van der Waals surface area contributed by atoms with E-state index in [-0.39, 0.29) is 12.3 Å². The van der Waals surface area contributed by atoms with Gasteiger partial charge in [-0.2, -0.15) is 0 Å². The molecule has 0 atom stereocenters. The van der Waals surface area contributed by atoms with Gasteiger partial charge in [0.15, 0.2) is 0 Å². The van der Waals surface area contributed by atoms with Gasteiger partial charge >= 0.3 is 0 Å². The van der Waals surface area contributed by atoms with Crippen LogP contribution in [0.5, 0.6) is 5.75 Å². The summed E-state index contributed by atoms with van der Waals surface area (Å²) >= 11 is 0. The molecule has 4 heteroatoms. The maximum absolute atomic E-state index is 11.5. The van der Waals surface area contributed by atoms with E-state index in [4.69, 9.17) is 9.94 Å². The Hall–Kier alpha value is -2.07. The van der Waals surface area contributed by atoms with Crippen LogP contribution < -0.4 is 4.74 Å². The second kappa shape index (κ2) is 7.80. The Morgan fingerprint density at radius 2 is 2.09 bits per heavy atom. The quantitative estimate of drug-likeness (QED) is 0.481. The highest BCUT2D eigenvalue weighted by atomic mass is 16.5. The van der Waals surface area contributed by atoms with Crippen LogP contribution >= 0.6 is 0 Å². The molecule has 1 amide bonds. The van der Waals surface area contributed by atoms with Crippen molar-refractivity contribution >= 4 is 5.91 Å². The van der Waals surface area contributed by atoms with E-state index in [1.807, 2.05) is 30.3 Å². The highest BCUT2D eigenvalue weighted by molar-refractivity contribution is 5.75. The van der Waals surface area contributed by atoms with Gasteiger partial charge in [-0.05, 0) is 30.0 Å². The smallest absolute Gasteiger partial charge is 0.245 e. The zero-order valence-electron chi connectivity index (χ0n) is 13.2. The Bertz CT molecular complexity index is 595. The Balaban J connectivity index is 2.19. The largest absolute Gasteiger partial charge is 0.493 e. The molecule has 2 aliphatic rings. The van der Waals surface area contributed by atoms with Gasteiger partial charge in [0.25, 0.3) is 0 Å². The predicted molar refractivity (Wildman–Crippen MR) is 86.3 cm³/mol.